The van der Waals surface area contributed by atoms with E-state index in [1.54, 1.807) is 0 Å². The van der Waals surface area contributed by atoms with Gasteiger partial charge in [-0.2, -0.15) is 0 Å². The molecule has 1 heterocycles. The van der Waals surface area contributed by atoms with Crippen LogP contribution in [0.3, 0.4) is 0 Å². The van der Waals surface area contributed by atoms with E-state index in [2.05, 4.69) is 12.2 Å². The lowest BCUT2D eigenvalue weighted by molar-refractivity contribution is -0.155. The zero-order valence-electron chi connectivity index (χ0n) is 13.5. The largest absolute Gasteiger partial charge is 0.460 e. The number of hydrogen-bond donors (Lipinski definition) is 1. The van der Waals surface area contributed by atoms with E-state index in [0.717, 1.165) is 30.6 Å². The number of nitrogens with one attached hydrogen (secondary N) is 1. The van der Waals surface area contributed by atoms with Crippen LogP contribution < -0.4 is 5.32 Å². The van der Waals surface area contributed by atoms with Gasteiger partial charge in [0.25, 0.3) is 0 Å². The number of ether oxygens (including phenoxy) is 1. The van der Waals surface area contributed by atoms with Crippen molar-refractivity contribution in [2.24, 2.45) is 5.92 Å². The smallest absolute Gasteiger partial charge is 0.317 e. The molecule has 0 saturated carbocycles. The second-order valence-electron chi connectivity index (χ2n) is 6.25. The number of carbonyl (C=O) groups is 1. The van der Waals surface area contributed by atoms with Gasteiger partial charge >= 0.3 is 5.97 Å². The molecule has 0 aromatic heterocycles. The van der Waals surface area contributed by atoms with Gasteiger partial charge < -0.3 is 10.1 Å². The van der Waals surface area contributed by atoms with Gasteiger partial charge in [0.05, 0.1) is 5.41 Å². The Kier molecular flexibility index (Phi) is 4.77. The van der Waals surface area contributed by atoms with Crippen LogP contribution in [-0.4, -0.2) is 19.1 Å². The third-order valence-corrected chi connectivity index (χ3v) is 4.85. The monoisotopic (exact) mass is 309 g/mol. The molecule has 2 aromatic rings. The molecular formula is C20H23NO2. The zero-order valence-corrected chi connectivity index (χ0v) is 13.5. The topological polar surface area (TPSA) is 38.3 Å². The summed E-state index contributed by atoms with van der Waals surface area (Å²) in [5.41, 5.74) is 1.53. The highest BCUT2D eigenvalue weighted by atomic mass is 16.5. The van der Waals surface area contributed by atoms with Gasteiger partial charge in [0, 0.05) is 0 Å². The molecule has 2 unspecified atom stereocenters. The van der Waals surface area contributed by atoms with Crippen molar-refractivity contribution < 1.29 is 9.53 Å². The summed E-state index contributed by atoms with van der Waals surface area (Å²) in [6, 6.07) is 19.9. The van der Waals surface area contributed by atoms with Gasteiger partial charge in [-0.3, -0.25) is 4.79 Å². The lowest BCUT2D eigenvalue weighted by atomic mass is 9.67. The van der Waals surface area contributed by atoms with Crippen LogP contribution in [0.2, 0.25) is 0 Å². The molecule has 3 rings (SSSR count). The lowest BCUT2D eigenvalue weighted by Crippen LogP contribution is -2.52. The maximum atomic E-state index is 13.1. The Morgan fingerprint density at radius 2 is 1.78 bits per heavy atom. The molecule has 0 aliphatic carbocycles. The zero-order chi connectivity index (χ0) is 16.1. The van der Waals surface area contributed by atoms with Crippen LogP contribution in [-0.2, 0) is 21.6 Å². The summed E-state index contributed by atoms with van der Waals surface area (Å²) in [6.45, 7) is 4.12. The van der Waals surface area contributed by atoms with Gasteiger partial charge in [0.1, 0.15) is 6.61 Å². The molecule has 1 aliphatic heterocycles. The Hall–Kier alpha value is -2.13. The first-order chi connectivity index (χ1) is 11.2. The van der Waals surface area contributed by atoms with Crippen LogP contribution in [0.15, 0.2) is 60.7 Å². The molecule has 0 spiro atoms. The highest BCUT2D eigenvalue weighted by molar-refractivity contribution is 5.84. The molecule has 0 radical (unpaired) electrons. The van der Waals surface area contributed by atoms with Gasteiger partial charge in [-0.15, -0.1) is 0 Å². The van der Waals surface area contributed by atoms with E-state index >= 15 is 0 Å². The Morgan fingerprint density at radius 3 is 2.43 bits per heavy atom. The first-order valence-corrected chi connectivity index (χ1v) is 8.21. The number of esters is 1. The van der Waals surface area contributed by atoms with Crippen LogP contribution in [0, 0.1) is 5.92 Å². The summed E-state index contributed by atoms with van der Waals surface area (Å²) in [5, 5.41) is 3.38. The fourth-order valence-corrected chi connectivity index (χ4v) is 3.46. The van der Waals surface area contributed by atoms with Crippen molar-refractivity contribution in [3.05, 3.63) is 71.8 Å². The molecule has 1 fully saturated rings. The standard InChI is InChI=1S/C20H23NO2/c1-16-14-21-13-12-20(16,18-10-6-3-7-11-18)19(22)23-15-17-8-4-2-5-9-17/h2-11,16,21H,12-15H2,1H3. The molecule has 0 bridgehead atoms. The number of benzene rings is 2. The Bertz CT molecular complexity index is 641. The van der Waals surface area contributed by atoms with E-state index in [9.17, 15) is 4.79 Å². The van der Waals surface area contributed by atoms with Gasteiger partial charge in [0.15, 0.2) is 0 Å². The Morgan fingerprint density at radius 1 is 1.13 bits per heavy atom. The highest BCUT2D eigenvalue weighted by Gasteiger charge is 2.47. The minimum Gasteiger partial charge on any atom is -0.460 e. The van der Waals surface area contributed by atoms with E-state index in [4.69, 9.17) is 4.74 Å². The van der Waals surface area contributed by atoms with Crippen molar-refractivity contribution >= 4 is 5.97 Å². The number of hydrogen-bond acceptors (Lipinski definition) is 3. The summed E-state index contributed by atoms with van der Waals surface area (Å²) < 4.78 is 5.73. The molecule has 1 saturated heterocycles. The van der Waals surface area contributed by atoms with Crippen LogP contribution >= 0.6 is 0 Å². The summed E-state index contributed by atoms with van der Waals surface area (Å²) in [6.07, 6.45) is 0.770. The fraction of sp³-hybridized carbons (Fsp3) is 0.350. The fourth-order valence-electron chi connectivity index (χ4n) is 3.46. The minimum absolute atomic E-state index is 0.110. The molecule has 0 amide bonds. The predicted molar refractivity (Wildman–Crippen MR) is 91.0 cm³/mol. The van der Waals surface area contributed by atoms with Crippen LogP contribution in [0.25, 0.3) is 0 Å². The summed E-state index contributed by atoms with van der Waals surface area (Å²) >= 11 is 0. The predicted octanol–water partition coefficient (Wildman–Crippen LogP) is 3.30. The Balaban J connectivity index is 1.85. The molecule has 1 aliphatic rings. The van der Waals surface area contributed by atoms with Crippen LogP contribution in [0.5, 0.6) is 0 Å². The molecule has 2 atom stereocenters. The third-order valence-electron chi connectivity index (χ3n) is 4.85. The van der Waals surface area contributed by atoms with E-state index in [-0.39, 0.29) is 11.9 Å². The minimum atomic E-state index is -0.554. The molecule has 3 heteroatoms. The molecule has 2 aromatic carbocycles. The lowest BCUT2D eigenvalue weighted by Gasteiger charge is -2.41. The first-order valence-electron chi connectivity index (χ1n) is 8.21. The van der Waals surface area contributed by atoms with E-state index < -0.39 is 5.41 Å². The molecule has 1 N–H and O–H groups in total. The molecule has 23 heavy (non-hydrogen) atoms. The van der Waals surface area contributed by atoms with Crippen molar-refractivity contribution in [2.45, 2.75) is 25.4 Å². The maximum absolute atomic E-state index is 13.1. The number of piperidine rings is 1. The molecule has 3 nitrogen and oxygen atoms in total. The SMILES string of the molecule is CC1CNCCC1(C(=O)OCc1ccccc1)c1ccccc1. The van der Waals surface area contributed by atoms with E-state index in [1.807, 2.05) is 60.7 Å². The van der Waals surface area contributed by atoms with Gasteiger partial charge in [-0.25, -0.2) is 0 Å². The summed E-state index contributed by atoms with van der Waals surface area (Å²) in [4.78, 5) is 13.1. The van der Waals surface area contributed by atoms with Gasteiger partial charge in [-0.05, 0) is 36.6 Å². The highest BCUT2D eigenvalue weighted by Crippen LogP contribution is 2.39. The van der Waals surface area contributed by atoms with E-state index in [0.29, 0.717) is 6.61 Å². The molecule has 120 valence electrons. The first kappa shape index (κ1) is 15.8. The maximum Gasteiger partial charge on any atom is 0.317 e. The van der Waals surface area contributed by atoms with E-state index in [1.165, 1.54) is 0 Å². The second-order valence-corrected chi connectivity index (χ2v) is 6.25. The van der Waals surface area contributed by atoms with Crippen molar-refractivity contribution in [1.82, 2.24) is 5.32 Å². The van der Waals surface area contributed by atoms with Crippen molar-refractivity contribution in [1.29, 1.82) is 0 Å². The van der Waals surface area contributed by atoms with Gasteiger partial charge in [-0.1, -0.05) is 67.6 Å². The average Bonchev–Trinajstić information content (AvgIpc) is 2.62. The van der Waals surface area contributed by atoms with Crippen LogP contribution in [0.1, 0.15) is 24.5 Å². The second kappa shape index (κ2) is 6.97. The average molecular weight is 309 g/mol. The number of carbonyl (C=O) groups excluding carboxylic acids is 1. The quantitative estimate of drug-likeness (QED) is 0.881. The van der Waals surface area contributed by atoms with Crippen molar-refractivity contribution in [3.63, 3.8) is 0 Å². The van der Waals surface area contributed by atoms with Crippen molar-refractivity contribution in [2.75, 3.05) is 13.1 Å². The van der Waals surface area contributed by atoms with Crippen molar-refractivity contribution in [3.8, 4) is 0 Å². The normalized spacial score (nSPS) is 24.1. The third kappa shape index (κ3) is 3.15. The van der Waals surface area contributed by atoms with Crippen LogP contribution in [0.4, 0.5) is 0 Å². The summed E-state index contributed by atoms with van der Waals surface area (Å²) in [7, 11) is 0. The Labute approximate surface area is 137 Å². The molecular weight excluding hydrogens is 286 g/mol. The summed E-state index contributed by atoms with van der Waals surface area (Å²) in [5.74, 6) is 0.0866. The van der Waals surface area contributed by atoms with Gasteiger partial charge in [0.2, 0.25) is 0 Å². The number of rotatable bonds is 4.